The minimum Gasteiger partial charge on any atom is -0.367 e. The molecule has 0 aromatic carbocycles. The molecule has 3 heterocycles. The lowest BCUT2D eigenvalue weighted by Crippen LogP contribution is -2.47. The normalized spacial score (nSPS) is 48.5. The van der Waals surface area contributed by atoms with E-state index in [9.17, 15) is 16.8 Å². The van der Waals surface area contributed by atoms with Crippen molar-refractivity contribution in [2.75, 3.05) is 23.0 Å². The van der Waals surface area contributed by atoms with Crippen molar-refractivity contribution in [3.05, 3.63) is 0 Å². The average molecular weight is 268 g/mol. The van der Waals surface area contributed by atoms with Crippen molar-refractivity contribution < 1.29 is 26.3 Å². The fourth-order valence-electron chi connectivity index (χ4n) is 2.52. The molecule has 8 heteroatoms. The highest BCUT2D eigenvalue weighted by atomic mass is 32.2. The summed E-state index contributed by atoms with van der Waals surface area (Å²) in [5, 5.41) is 0. The Bertz CT molecular complexity index is 427. The van der Waals surface area contributed by atoms with E-state index in [2.05, 4.69) is 0 Å². The fraction of sp³-hybridized carbons (Fsp3) is 1.00. The van der Waals surface area contributed by atoms with Crippen LogP contribution in [0.5, 0.6) is 0 Å². The summed E-state index contributed by atoms with van der Waals surface area (Å²) in [6, 6.07) is 0. The molecule has 3 aliphatic rings. The predicted octanol–water partition coefficient (Wildman–Crippen LogP) is -1.64. The number of hydrogen-bond donors (Lipinski definition) is 0. The number of sulfone groups is 2. The molecule has 0 aromatic heterocycles. The van der Waals surface area contributed by atoms with Gasteiger partial charge in [-0.05, 0) is 0 Å². The molecule has 3 saturated heterocycles. The van der Waals surface area contributed by atoms with E-state index >= 15 is 0 Å². The quantitative estimate of drug-likeness (QED) is 0.524. The Balaban J connectivity index is 1.83. The van der Waals surface area contributed by atoms with Crippen LogP contribution in [-0.2, 0) is 29.1 Å². The summed E-state index contributed by atoms with van der Waals surface area (Å²) in [5.74, 6) is -0.219. The van der Waals surface area contributed by atoms with Crippen LogP contribution in [0.1, 0.15) is 0 Å². The standard InChI is InChI=1S/C8H12O6S2/c9-15(10)1-5-6(2-15)14-8-4-16(11,12)3-7(8)13-5/h5-8H,1-4H2/t5-,6+,7+,8-. The zero-order valence-electron chi connectivity index (χ0n) is 8.40. The van der Waals surface area contributed by atoms with E-state index in [-0.39, 0.29) is 23.0 Å². The Kier molecular flexibility index (Phi) is 2.18. The van der Waals surface area contributed by atoms with Crippen LogP contribution in [0.15, 0.2) is 0 Å². The largest absolute Gasteiger partial charge is 0.367 e. The van der Waals surface area contributed by atoms with Crippen molar-refractivity contribution in [3.8, 4) is 0 Å². The summed E-state index contributed by atoms with van der Waals surface area (Å²) in [4.78, 5) is 0. The lowest BCUT2D eigenvalue weighted by atomic mass is 10.1. The molecule has 0 saturated carbocycles. The maximum atomic E-state index is 11.4. The van der Waals surface area contributed by atoms with Gasteiger partial charge in [-0.15, -0.1) is 0 Å². The van der Waals surface area contributed by atoms with Crippen LogP contribution in [0.4, 0.5) is 0 Å². The minimum atomic E-state index is -3.09. The van der Waals surface area contributed by atoms with E-state index in [1.807, 2.05) is 0 Å². The van der Waals surface area contributed by atoms with Crippen LogP contribution < -0.4 is 0 Å². The molecule has 0 N–H and O–H groups in total. The van der Waals surface area contributed by atoms with Crippen molar-refractivity contribution in [3.63, 3.8) is 0 Å². The second-order valence-corrected chi connectivity index (χ2v) is 8.89. The smallest absolute Gasteiger partial charge is 0.155 e. The van der Waals surface area contributed by atoms with Gasteiger partial charge in [0.25, 0.3) is 0 Å². The second-order valence-electron chi connectivity index (χ2n) is 4.58. The maximum absolute atomic E-state index is 11.4. The molecule has 6 nitrogen and oxygen atoms in total. The van der Waals surface area contributed by atoms with Crippen LogP contribution >= 0.6 is 0 Å². The highest BCUT2D eigenvalue weighted by Gasteiger charge is 2.51. The van der Waals surface area contributed by atoms with Crippen molar-refractivity contribution in [2.45, 2.75) is 24.4 Å². The van der Waals surface area contributed by atoms with E-state index in [0.717, 1.165) is 0 Å². The molecule has 92 valence electrons. The molecule has 0 aliphatic carbocycles. The highest BCUT2D eigenvalue weighted by Crippen LogP contribution is 2.32. The molecular formula is C8H12O6S2. The summed E-state index contributed by atoms with van der Waals surface area (Å²) in [7, 11) is -6.18. The van der Waals surface area contributed by atoms with Gasteiger partial charge in [-0.1, -0.05) is 0 Å². The molecular weight excluding hydrogens is 256 g/mol. The van der Waals surface area contributed by atoms with Crippen LogP contribution in [-0.4, -0.2) is 64.3 Å². The number of hydrogen-bond acceptors (Lipinski definition) is 6. The molecule has 0 radical (unpaired) electrons. The Labute approximate surface area is 93.8 Å². The first-order valence-corrected chi connectivity index (χ1v) is 8.71. The van der Waals surface area contributed by atoms with Crippen molar-refractivity contribution in [1.82, 2.24) is 0 Å². The van der Waals surface area contributed by atoms with Gasteiger partial charge in [0.15, 0.2) is 19.7 Å². The van der Waals surface area contributed by atoms with Gasteiger partial charge in [0.1, 0.15) is 0 Å². The van der Waals surface area contributed by atoms with Crippen LogP contribution in [0.3, 0.4) is 0 Å². The zero-order chi connectivity index (χ0) is 11.6. The van der Waals surface area contributed by atoms with Crippen molar-refractivity contribution in [1.29, 1.82) is 0 Å². The lowest BCUT2D eigenvalue weighted by molar-refractivity contribution is -0.184. The summed E-state index contributed by atoms with van der Waals surface area (Å²) in [5.41, 5.74) is 0. The molecule has 16 heavy (non-hydrogen) atoms. The van der Waals surface area contributed by atoms with Gasteiger partial charge in [-0.25, -0.2) is 16.8 Å². The monoisotopic (exact) mass is 268 g/mol. The van der Waals surface area contributed by atoms with E-state index < -0.39 is 44.1 Å². The van der Waals surface area contributed by atoms with Gasteiger partial charge in [-0.3, -0.25) is 0 Å². The summed E-state index contributed by atoms with van der Waals surface area (Å²) in [6.45, 7) is 0. The van der Waals surface area contributed by atoms with Gasteiger partial charge < -0.3 is 9.47 Å². The molecule has 0 spiro atoms. The summed E-state index contributed by atoms with van der Waals surface area (Å²) in [6.07, 6.45) is -1.95. The molecule has 3 aliphatic heterocycles. The number of fused-ring (bicyclic) bond motifs is 2. The topological polar surface area (TPSA) is 86.7 Å². The minimum absolute atomic E-state index is 0.0546. The Morgan fingerprint density at radius 3 is 1.12 bits per heavy atom. The average Bonchev–Trinajstić information content (AvgIpc) is 2.51. The first kappa shape index (κ1) is 10.9. The van der Waals surface area contributed by atoms with Crippen LogP contribution in [0.25, 0.3) is 0 Å². The summed E-state index contributed by atoms with van der Waals surface area (Å²) < 4.78 is 56.5. The van der Waals surface area contributed by atoms with Gasteiger partial charge in [0.05, 0.1) is 47.4 Å². The van der Waals surface area contributed by atoms with Crippen LogP contribution in [0, 0.1) is 0 Å². The van der Waals surface area contributed by atoms with Gasteiger partial charge in [0.2, 0.25) is 0 Å². The van der Waals surface area contributed by atoms with Crippen molar-refractivity contribution >= 4 is 19.7 Å². The third-order valence-electron chi connectivity index (χ3n) is 3.20. The molecule has 0 bridgehead atoms. The molecule has 0 unspecified atom stereocenters. The Hall–Kier alpha value is -0.180. The highest BCUT2D eigenvalue weighted by molar-refractivity contribution is 7.92. The van der Waals surface area contributed by atoms with E-state index in [1.165, 1.54) is 0 Å². The van der Waals surface area contributed by atoms with E-state index in [0.29, 0.717) is 0 Å². The first-order valence-electron chi connectivity index (χ1n) is 5.06. The van der Waals surface area contributed by atoms with Gasteiger partial charge in [-0.2, -0.15) is 0 Å². The van der Waals surface area contributed by atoms with E-state index in [1.54, 1.807) is 0 Å². The first-order chi connectivity index (χ1) is 7.35. The molecule has 4 atom stereocenters. The third-order valence-corrected chi connectivity index (χ3v) is 6.55. The SMILES string of the molecule is O=S1(=O)C[C@@H]2O[C@@H]3CS(=O)(=O)C[C@@H]3O[C@@H]2C1. The Morgan fingerprint density at radius 2 is 0.875 bits per heavy atom. The third kappa shape index (κ3) is 1.77. The lowest BCUT2D eigenvalue weighted by Gasteiger charge is -2.33. The molecule has 3 fully saturated rings. The van der Waals surface area contributed by atoms with Gasteiger partial charge >= 0.3 is 0 Å². The molecule has 0 amide bonds. The van der Waals surface area contributed by atoms with Crippen molar-refractivity contribution in [2.24, 2.45) is 0 Å². The zero-order valence-corrected chi connectivity index (χ0v) is 10.0. The van der Waals surface area contributed by atoms with Crippen LogP contribution in [0.2, 0.25) is 0 Å². The second kappa shape index (κ2) is 3.18. The number of rotatable bonds is 0. The maximum Gasteiger partial charge on any atom is 0.155 e. The number of ether oxygens (including phenoxy) is 2. The predicted molar refractivity (Wildman–Crippen MR) is 54.6 cm³/mol. The Morgan fingerprint density at radius 1 is 0.625 bits per heavy atom. The fourth-order valence-corrected chi connectivity index (χ4v) is 5.97. The summed E-state index contributed by atoms with van der Waals surface area (Å²) >= 11 is 0. The van der Waals surface area contributed by atoms with E-state index in [4.69, 9.17) is 9.47 Å². The molecule has 3 rings (SSSR count). The molecule has 0 aromatic rings. The van der Waals surface area contributed by atoms with Gasteiger partial charge in [0, 0.05) is 0 Å².